The molecule has 0 aliphatic heterocycles. The molecule has 0 spiro atoms. The highest BCUT2D eigenvalue weighted by Crippen LogP contribution is 2.34. The zero-order chi connectivity index (χ0) is 12.1. The molecular weight excluding hydrogens is 212 g/mol. The standard InChI is InChI=1S/C10H18N2O4/c1-2-3-6-4-7(6)11-10(16)12-8(5-13)9(14)15/h6-8,13H,2-5H2,1H3,(H,14,15)(H2,11,12,16). The molecule has 0 aromatic carbocycles. The normalized spacial score (nSPS) is 24.6. The Morgan fingerprint density at radius 1 is 1.50 bits per heavy atom. The molecule has 0 aromatic rings. The fourth-order valence-corrected chi connectivity index (χ4v) is 1.67. The molecule has 1 fully saturated rings. The van der Waals surface area contributed by atoms with Crippen LogP contribution in [0.25, 0.3) is 0 Å². The third-order valence-electron chi connectivity index (χ3n) is 2.68. The Morgan fingerprint density at radius 2 is 2.19 bits per heavy atom. The first-order valence-corrected chi connectivity index (χ1v) is 5.49. The molecule has 3 unspecified atom stereocenters. The van der Waals surface area contributed by atoms with Crippen LogP contribution in [-0.4, -0.2) is 40.9 Å². The van der Waals surface area contributed by atoms with Crippen molar-refractivity contribution in [2.75, 3.05) is 6.61 Å². The zero-order valence-corrected chi connectivity index (χ0v) is 9.27. The minimum Gasteiger partial charge on any atom is -0.480 e. The Bertz CT molecular complexity index is 270. The second-order valence-electron chi connectivity index (χ2n) is 4.08. The van der Waals surface area contributed by atoms with Gasteiger partial charge in [0.25, 0.3) is 0 Å². The number of aliphatic hydroxyl groups excluding tert-OH is 1. The maximum Gasteiger partial charge on any atom is 0.328 e. The average molecular weight is 230 g/mol. The van der Waals surface area contributed by atoms with Crippen molar-refractivity contribution in [3.63, 3.8) is 0 Å². The van der Waals surface area contributed by atoms with Crippen LogP contribution in [0.2, 0.25) is 0 Å². The lowest BCUT2D eigenvalue weighted by molar-refractivity contribution is -0.140. The topological polar surface area (TPSA) is 98.7 Å². The number of urea groups is 1. The Morgan fingerprint density at radius 3 is 2.69 bits per heavy atom. The third-order valence-corrected chi connectivity index (χ3v) is 2.68. The van der Waals surface area contributed by atoms with Crippen molar-refractivity contribution in [1.29, 1.82) is 0 Å². The van der Waals surface area contributed by atoms with Gasteiger partial charge in [-0.25, -0.2) is 9.59 Å². The number of aliphatic hydroxyl groups is 1. The fourth-order valence-electron chi connectivity index (χ4n) is 1.67. The van der Waals surface area contributed by atoms with E-state index in [-0.39, 0.29) is 6.04 Å². The van der Waals surface area contributed by atoms with Crippen molar-refractivity contribution >= 4 is 12.0 Å². The molecule has 1 aliphatic carbocycles. The highest BCUT2D eigenvalue weighted by atomic mass is 16.4. The van der Waals surface area contributed by atoms with E-state index in [1.165, 1.54) is 0 Å². The molecule has 6 heteroatoms. The molecule has 6 nitrogen and oxygen atoms in total. The summed E-state index contributed by atoms with van der Waals surface area (Å²) in [5.74, 6) is -0.716. The smallest absolute Gasteiger partial charge is 0.328 e. The van der Waals surface area contributed by atoms with Crippen LogP contribution in [0.15, 0.2) is 0 Å². The number of hydrogen-bond acceptors (Lipinski definition) is 3. The Hall–Kier alpha value is -1.30. The summed E-state index contributed by atoms with van der Waals surface area (Å²) < 4.78 is 0. The number of carbonyl (C=O) groups excluding carboxylic acids is 1. The van der Waals surface area contributed by atoms with Crippen LogP contribution in [0.5, 0.6) is 0 Å². The molecule has 92 valence electrons. The quantitative estimate of drug-likeness (QED) is 0.513. The van der Waals surface area contributed by atoms with Crippen LogP contribution in [0.3, 0.4) is 0 Å². The van der Waals surface area contributed by atoms with Crippen LogP contribution in [0, 0.1) is 5.92 Å². The van der Waals surface area contributed by atoms with Crippen LogP contribution in [0.4, 0.5) is 4.79 Å². The highest BCUT2D eigenvalue weighted by molar-refractivity contribution is 5.82. The SMILES string of the molecule is CCCC1CC1NC(=O)NC(CO)C(=O)O. The van der Waals surface area contributed by atoms with E-state index in [0.29, 0.717) is 5.92 Å². The van der Waals surface area contributed by atoms with Gasteiger partial charge in [0.15, 0.2) is 6.04 Å². The van der Waals surface area contributed by atoms with Gasteiger partial charge in [0, 0.05) is 6.04 Å². The molecule has 0 radical (unpaired) electrons. The third kappa shape index (κ3) is 3.69. The minimum absolute atomic E-state index is 0.160. The van der Waals surface area contributed by atoms with E-state index in [1.54, 1.807) is 0 Å². The van der Waals surface area contributed by atoms with E-state index in [4.69, 9.17) is 10.2 Å². The van der Waals surface area contributed by atoms with Crippen LogP contribution in [-0.2, 0) is 4.79 Å². The number of aliphatic carboxylic acids is 1. The molecule has 0 heterocycles. The van der Waals surface area contributed by atoms with Crippen LogP contribution >= 0.6 is 0 Å². The molecule has 16 heavy (non-hydrogen) atoms. The largest absolute Gasteiger partial charge is 0.480 e. The van der Waals surface area contributed by atoms with E-state index in [9.17, 15) is 9.59 Å². The van der Waals surface area contributed by atoms with Gasteiger partial charge in [0.05, 0.1) is 6.61 Å². The second kappa shape index (κ2) is 5.69. The first kappa shape index (κ1) is 12.8. The summed E-state index contributed by atoms with van der Waals surface area (Å²) in [6, 6.07) is -1.60. The summed E-state index contributed by atoms with van der Waals surface area (Å²) in [5.41, 5.74) is 0. The van der Waals surface area contributed by atoms with E-state index >= 15 is 0 Å². The number of amides is 2. The van der Waals surface area contributed by atoms with Gasteiger partial charge in [-0.3, -0.25) is 0 Å². The van der Waals surface area contributed by atoms with Crippen molar-refractivity contribution in [3.05, 3.63) is 0 Å². The van der Waals surface area contributed by atoms with Crippen molar-refractivity contribution in [3.8, 4) is 0 Å². The van der Waals surface area contributed by atoms with Crippen molar-refractivity contribution < 1.29 is 19.8 Å². The lowest BCUT2D eigenvalue weighted by atomic mass is 10.2. The number of carbonyl (C=O) groups is 2. The molecule has 2 amide bonds. The lowest BCUT2D eigenvalue weighted by Gasteiger charge is -2.12. The molecule has 1 rings (SSSR count). The second-order valence-corrected chi connectivity index (χ2v) is 4.08. The summed E-state index contributed by atoms with van der Waals surface area (Å²) in [5, 5.41) is 22.2. The predicted molar refractivity (Wildman–Crippen MR) is 57.0 cm³/mol. The van der Waals surface area contributed by atoms with Crippen LogP contribution < -0.4 is 10.6 Å². The molecule has 1 aliphatic rings. The van der Waals surface area contributed by atoms with Gasteiger partial charge in [-0.15, -0.1) is 0 Å². The summed E-state index contributed by atoms with van der Waals surface area (Å²) >= 11 is 0. The van der Waals surface area contributed by atoms with E-state index in [0.717, 1.165) is 19.3 Å². The fraction of sp³-hybridized carbons (Fsp3) is 0.800. The van der Waals surface area contributed by atoms with Gasteiger partial charge in [0.1, 0.15) is 0 Å². The van der Waals surface area contributed by atoms with Gasteiger partial charge >= 0.3 is 12.0 Å². The zero-order valence-electron chi connectivity index (χ0n) is 9.27. The summed E-state index contributed by atoms with van der Waals surface area (Å²) in [4.78, 5) is 21.9. The van der Waals surface area contributed by atoms with Gasteiger partial charge in [-0.05, 0) is 18.8 Å². The van der Waals surface area contributed by atoms with E-state index in [1.807, 2.05) is 0 Å². The van der Waals surface area contributed by atoms with Gasteiger partial charge < -0.3 is 20.8 Å². The van der Waals surface area contributed by atoms with E-state index in [2.05, 4.69) is 17.6 Å². The Kier molecular flexibility index (Phi) is 4.54. The maximum atomic E-state index is 11.3. The monoisotopic (exact) mass is 230 g/mol. The molecule has 0 aromatic heterocycles. The molecule has 0 saturated heterocycles. The average Bonchev–Trinajstić information content (AvgIpc) is 2.93. The van der Waals surface area contributed by atoms with Crippen molar-refractivity contribution in [2.45, 2.75) is 38.3 Å². The molecule has 1 saturated carbocycles. The number of carboxylic acid groups (broad SMARTS) is 1. The first-order chi connectivity index (χ1) is 7.58. The van der Waals surface area contributed by atoms with Crippen molar-refractivity contribution in [2.24, 2.45) is 5.92 Å². The lowest BCUT2D eigenvalue weighted by Crippen LogP contribution is -2.48. The molecule has 3 atom stereocenters. The first-order valence-electron chi connectivity index (χ1n) is 5.49. The van der Waals surface area contributed by atoms with Crippen molar-refractivity contribution in [1.82, 2.24) is 10.6 Å². The number of hydrogen-bond donors (Lipinski definition) is 4. The minimum atomic E-state index is -1.24. The summed E-state index contributed by atoms with van der Waals surface area (Å²) in [7, 11) is 0. The molecule has 0 bridgehead atoms. The van der Waals surface area contributed by atoms with Gasteiger partial charge in [-0.1, -0.05) is 13.3 Å². The maximum absolute atomic E-state index is 11.3. The Balaban J connectivity index is 2.24. The van der Waals surface area contributed by atoms with E-state index < -0.39 is 24.6 Å². The summed E-state index contributed by atoms with van der Waals surface area (Å²) in [6.07, 6.45) is 3.12. The van der Waals surface area contributed by atoms with Gasteiger partial charge in [0.2, 0.25) is 0 Å². The van der Waals surface area contributed by atoms with Crippen LogP contribution in [0.1, 0.15) is 26.2 Å². The number of rotatable bonds is 6. The predicted octanol–water partition coefficient (Wildman–Crippen LogP) is -0.0803. The number of carboxylic acids is 1. The summed E-state index contributed by atoms with van der Waals surface area (Å²) in [6.45, 7) is 1.48. The molecule has 4 N–H and O–H groups in total. The molecular formula is C10H18N2O4. The Labute approximate surface area is 94.0 Å². The number of nitrogens with one attached hydrogen (secondary N) is 2. The van der Waals surface area contributed by atoms with Gasteiger partial charge in [-0.2, -0.15) is 0 Å². The highest BCUT2D eigenvalue weighted by Gasteiger charge is 2.37.